The molecule has 6 heteroatoms. The molecule has 0 unspecified atom stereocenters. The van der Waals surface area contributed by atoms with E-state index in [1.54, 1.807) is 6.20 Å². The minimum absolute atomic E-state index is 0.493. The Bertz CT molecular complexity index is 874. The number of nitrogens with zero attached hydrogens (tertiary/aromatic N) is 2. The number of hydrogen-bond acceptors (Lipinski definition) is 3. The van der Waals surface area contributed by atoms with Gasteiger partial charge in [0, 0.05) is 6.20 Å². The van der Waals surface area contributed by atoms with Crippen LogP contribution in [0.1, 0.15) is 18.1 Å². The number of para-hydroxylation sites is 2. The third kappa shape index (κ3) is 4.83. The average Bonchev–Trinajstić information content (AvgIpc) is 3.05. The molecule has 26 heavy (non-hydrogen) atoms. The number of benzene rings is 2. The lowest BCUT2D eigenvalue weighted by atomic mass is 10.1. The van der Waals surface area contributed by atoms with E-state index in [4.69, 9.17) is 17.0 Å². The Morgan fingerprint density at radius 1 is 1.12 bits per heavy atom. The van der Waals surface area contributed by atoms with E-state index in [0.717, 1.165) is 23.7 Å². The zero-order chi connectivity index (χ0) is 18.4. The van der Waals surface area contributed by atoms with E-state index in [2.05, 4.69) is 46.9 Å². The van der Waals surface area contributed by atoms with Crippen LogP contribution in [0.25, 0.3) is 0 Å². The number of anilines is 2. The normalized spacial score (nSPS) is 10.4. The molecule has 2 aromatic carbocycles. The van der Waals surface area contributed by atoms with Crippen molar-refractivity contribution in [1.29, 1.82) is 0 Å². The highest BCUT2D eigenvalue weighted by molar-refractivity contribution is 7.80. The van der Waals surface area contributed by atoms with E-state index in [1.165, 1.54) is 11.1 Å². The van der Waals surface area contributed by atoms with Crippen molar-refractivity contribution in [1.82, 2.24) is 9.78 Å². The van der Waals surface area contributed by atoms with Crippen molar-refractivity contribution in [3.8, 4) is 5.75 Å². The Kier molecular flexibility index (Phi) is 5.86. The van der Waals surface area contributed by atoms with Crippen LogP contribution >= 0.6 is 12.2 Å². The molecule has 0 fully saturated rings. The fraction of sp³-hybridized carbons (Fsp3) is 0.200. The first-order chi connectivity index (χ1) is 12.6. The van der Waals surface area contributed by atoms with E-state index in [9.17, 15) is 0 Å². The van der Waals surface area contributed by atoms with Gasteiger partial charge in [0.05, 0.1) is 30.7 Å². The highest BCUT2D eigenvalue weighted by Crippen LogP contribution is 2.23. The van der Waals surface area contributed by atoms with Gasteiger partial charge in [0.2, 0.25) is 0 Å². The van der Waals surface area contributed by atoms with Gasteiger partial charge in [-0.25, -0.2) is 0 Å². The van der Waals surface area contributed by atoms with Gasteiger partial charge in [0.25, 0.3) is 0 Å². The summed E-state index contributed by atoms with van der Waals surface area (Å²) >= 11 is 5.40. The zero-order valence-corrected chi connectivity index (χ0v) is 15.7. The van der Waals surface area contributed by atoms with Crippen LogP contribution in [0.15, 0.2) is 60.9 Å². The smallest absolute Gasteiger partial charge is 0.175 e. The minimum atomic E-state index is 0.493. The summed E-state index contributed by atoms with van der Waals surface area (Å²) in [6.45, 7) is 5.35. The number of aromatic nitrogens is 2. The first-order valence-electron chi connectivity index (χ1n) is 8.52. The van der Waals surface area contributed by atoms with Crippen LogP contribution in [-0.2, 0) is 6.54 Å². The maximum atomic E-state index is 5.60. The van der Waals surface area contributed by atoms with Crippen LogP contribution in [-0.4, -0.2) is 21.5 Å². The first kappa shape index (κ1) is 17.9. The summed E-state index contributed by atoms with van der Waals surface area (Å²) in [4.78, 5) is 0. The maximum absolute atomic E-state index is 5.60. The molecule has 3 aromatic rings. The van der Waals surface area contributed by atoms with Crippen LogP contribution in [0, 0.1) is 6.92 Å². The molecule has 0 saturated carbocycles. The molecule has 2 N–H and O–H groups in total. The molecule has 0 saturated heterocycles. The fourth-order valence-corrected chi connectivity index (χ4v) is 2.76. The van der Waals surface area contributed by atoms with Crippen LogP contribution < -0.4 is 15.4 Å². The molecule has 0 aliphatic carbocycles. The third-order valence-corrected chi connectivity index (χ3v) is 4.00. The van der Waals surface area contributed by atoms with Crippen molar-refractivity contribution >= 4 is 28.7 Å². The molecule has 0 amide bonds. The van der Waals surface area contributed by atoms with Gasteiger partial charge in [-0.05, 0) is 43.8 Å². The molecular formula is C20H22N4OS. The van der Waals surface area contributed by atoms with E-state index in [0.29, 0.717) is 11.7 Å². The minimum Gasteiger partial charge on any atom is -0.492 e. The van der Waals surface area contributed by atoms with E-state index in [1.807, 2.05) is 42.1 Å². The molecule has 1 aromatic heterocycles. The predicted octanol–water partition coefficient (Wildman–Crippen LogP) is 4.45. The quantitative estimate of drug-likeness (QED) is 0.631. The molecule has 0 aliphatic heterocycles. The molecule has 1 heterocycles. The number of nitrogens with one attached hydrogen (secondary N) is 2. The molecular weight excluding hydrogens is 344 g/mol. The van der Waals surface area contributed by atoms with Crippen molar-refractivity contribution in [2.75, 3.05) is 17.2 Å². The summed E-state index contributed by atoms with van der Waals surface area (Å²) in [6.07, 6.45) is 3.69. The molecule has 0 atom stereocenters. The van der Waals surface area contributed by atoms with Gasteiger partial charge in [0.15, 0.2) is 5.11 Å². The second kappa shape index (κ2) is 8.49. The molecule has 134 valence electrons. The number of aryl methyl sites for hydroxylation is 1. The molecule has 0 aliphatic rings. The lowest BCUT2D eigenvalue weighted by Gasteiger charge is -2.13. The molecule has 5 nitrogen and oxygen atoms in total. The Labute approximate surface area is 159 Å². The fourth-order valence-electron chi connectivity index (χ4n) is 2.53. The van der Waals surface area contributed by atoms with Crippen molar-refractivity contribution in [3.05, 3.63) is 72.1 Å². The van der Waals surface area contributed by atoms with Gasteiger partial charge in [-0.2, -0.15) is 5.10 Å². The van der Waals surface area contributed by atoms with Crippen molar-refractivity contribution in [2.24, 2.45) is 0 Å². The van der Waals surface area contributed by atoms with Gasteiger partial charge in [-0.3, -0.25) is 4.68 Å². The lowest BCUT2D eigenvalue weighted by Crippen LogP contribution is -2.19. The summed E-state index contributed by atoms with van der Waals surface area (Å²) in [6, 6.07) is 16.1. The topological polar surface area (TPSA) is 51.1 Å². The summed E-state index contributed by atoms with van der Waals surface area (Å²) in [5.74, 6) is 0.772. The van der Waals surface area contributed by atoms with Crippen LogP contribution in [0.2, 0.25) is 0 Å². The third-order valence-electron chi connectivity index (χ3n) is 3.79. The summed E-state index contributed by atoms with van der Waals surface area (Å²) in [5, 5.41) is 11.2. The number of thiocarbonyl (C=S) groups is 1. The van der Waals surface area contributed by atoms with Crippen LogP contribution in [0.4, 0.5) is 11.4 Å². The van der Waals surface area contributed by atoms with Crippen molar-refractivity contribution < 1.29 is 4.74 Å². The summed E-state index contributed by atoms with van der Waals surface area (Å²) in [5.41, 5.74) is 4.12. The Morgan fingerprint density at radius 2 is 1.88 bits per heavy atom. The number of rotatable bonds is 6. The Hall–Kier alpha value is -2.86. The van der Waals surface area contributed by atoms with Gasteiger partial charge in [0.1, 0.15) is 5.75 Å². The van der Waals surface area contributed by atoms with Crippen LogP contribution in [0.5, 0.6) is 5.75 Å². The highest BCUT2D eigenvalue weighted by atomic mass is 32.1. The second-order valence-electron chi connectivity index (χ2n) is 5.92. The maximum Gasteiger partial charge on any atom is 0.175 e. The Morgan fingerprint density at radius 3 is 2.65 bits per heavy atom. The lowest BCUT2D eigenvalue weighted by molar-refractivity contribution is 0.342. The van der Waals surface area contributed by atoms with E-state index >= 15 is 0 Å². The monoisotopic (exact) mass is 366 g/mol. The van der Waals surface area contributed by atoms with E-state index < -0.39 is 0 Å². The van der Waals surface area contributed by atoms with Crippen LogP contribution in [0.3, 0.4) is 0 Å². The molecule has 3 rings (SSSR count). The molecule has 0 radical (unpaired) electrons. The van der Waals surface area contributed by atoms with Gasteiger partial charge in [-0.15, -0.1) is 0 Å². The Balaban J connectivity index is 1.60. The summed E-state index contributed by atoms with van der Waals surface area (Å²) < 4.78 is 7.48. The van der Waals surface area contributed by atoms with Crippen molar-refractivity contribution in [2.45, 2.75) is 20.4 Å². The van der Waals surface area contributed by atoms with Gasteiger partial charge < -0.3 is 15.4 Å². The summed E-state index contributed by atoms with van der Waals surface area (Å²) in [7, 11) is 0. The predicted molar refractivity (Wildman–Crippen MR) is 110 cm³/mol. The first-order valence-corrected chi connectivity index (χ1v) is 8.92. The van der Waals surface area contributed by atoms with Gasteiger partial charge in [-0.1, -0.05) is 42.0 Å². The zero-order valence-electron chi connectivity index (χ0n) is 14.9. The average molecular weight is 366 g/mol. The SMILES string of the molecule is CCOc1ccccc1NC(=S)Nc1cnn(Cc2ccc(C)cc2)c1. The largest absolute Gasteiger partial charge is 0.492 e. The van der Waals surface area contributed by atoms with E-state index in [-0.39, 0.29) is 0 Å². The van der Waals surface area contributed by atoms with Gasteiger partial charge >= 0.3 is 0 Å². The molecule has 0 bridgehead atoms. The number of hydrogen-bond donors (Lipinski definition) is 2. The highest BCUT2D eigenvalue weighted by Gasteiger charge is 2.06. The second-order valence-corrected chi connectivity index (χ2v) is 6.33. The molecule has 0 spiro atoms. The standard InChI is InChI=1S/C20H22N4OS/c1-3-25-19-7-5-4-6-18(19)23-20(26)22-17-12-21-24(14-17)13-16-10-8-15(2)9-11-16/h4-12,14H,3,13H2,1-2H3,(H2,22,23,26). The number of ether oxygens (including phenoxy) is 1. The van der Waals surface area contributed by atoms with Crippen molar-refractivity contribution in [3.63, 3.8) is 0 Å².